The van der Waals surface area contributed by atoms with Gasteiger partial charge in [0.05, 0.1) is 0 Å². The summed E-state index contributed by atoms with van der Waals surface area (Å²) in [5, 5.41) is 11.1. The fourth-order valence-corrected chi connectivity index (χ4v) is 2.12. The molecule has 17 heavy (non-hydrogen) atoms. The van der Waals surface area contributed by atoms with E-state index in [-0.39, 0.29) is 0 Å². The van der Waals surface area contributed by atoms with Gasteiger partial charge in [-0.3, -0.25) is 0 Å². The summed E-state index contributed by atoms with van der Waals surface area (Å²) in [4.78, 5) is 12.4. The van der Waals surface area contributed by atoms with E-state index < -0.39 is 11.6 Å². The summed E-state index contributed by atoms with van der Waals surface area (Å²) in [5.41, 5.74) is 0.670. The Morgan fingerprint density at radius 3 is 2.41 bits per heavy atom. The van der Waals surface area contributed by atoms with Crippen LogP contribution in [0.25, 0.3) is 0 Å². The van der Waals surface area contributed by atoms with Gasteiger partial charge < -0.3 is 14.8 Å². The van der Waals surface area contributed by atoms with Gasteiger partial charge in [-0.2, -0.15) is 0 Å². The first kappa shape index (κ1) is 14.0. The Bertz CT molecular complexity index is 399. The standard InChI is InChI=1S/C13H18BrNO2/c1-13(2,3)15(12(16)17)9-8-10-6-4-5-7-11(10)14/h4-7H,8-9H2,1-3H3,(H,16,17)/p-1. The number of carbonyl (C=O) groups is 1. The lowest BCUT2D eigenvalue weighted by atomic mass is 10.1. The van der Waals surface area contributed by atoms with Crippen molar-refractivity contribution in [3.05, 3.63) is 34.3 Å². The Morgan fingerprint density at radius 1 is 1.35 bits per heavy atom. The zero-order chi connectivity index (χ0) is 13.1. The molecule has 0 saturated heterocycles. The molecule has 1 aromatic rings. The maximum Gasteiger partial charge on any atom is 0.137 e. The molecule has 1 rings (SSSR count). The quantitative estimate of drug-likeness (QED) is 0.860. The lowest BCUT2D eigenvalue weighted by Gasteiger charge is -2.38. The van der Waals surface area contributed by atoms with Gasteiger partial charge in [0.1, 0.15) is 6.09 Å². The van der Waals surface area contributed by atoms with Crippen molar-refractivity contribution < 1.29 is 9.90 Å². The Hall–Kier alpha value is -1.03. The normalized spacial score (nSPS) is 11.3. The van der Waals surface area contributed by atoms with Gasteiger partial charge in [0.2, 0.25) is 0 Å². The second kappa shape index (κ2) is 5.54. The molecule has 1 amide bonds. The number of amides is 1. The number of halogens is 1. The smallest absolute Gasteiger partial charge is 0.137 e. The van der Waals surface area contributed by atoms with Crippen LogP contribution in [0.15, 0.2) is 28.7 Å². The summed E-state index contributed by atoms with van der Waals surface area (Å²) in [7, 11) is 0. The molecule has 0 heterocycles. The molecule has 4 heteroatoms. The Morgan fingerprint density at radius 2 is 1.94 bits per heavy atom. The third kappa shape index (κ3) is 4.04. The molecule has 0 aliphatic carbocycles. The fraction of sp³-hybridized carbons (Fsp3) is 0.462. The highest BCUT2D eigenvalue weighted by molar-refractivity contribution is 9.10. The number of carbonyl (C=O) groups excluding carboxylic acids is 1. The first-order valence-electron chi connectivity index (χ1n) is 5.54. The number of nitrogens with zero attached hydrogens (tertiary/aromatic N) is 1. The molecule has 0 fully saturated rings. The highest BCUT2D eigenvalue weighted by atomic mass is 79.9. The number of hydrogen-bond donors (Lipinski definition) is 0. The van der Waals surface area contributed by atoms with Gasteiger partial charge in [-0.1, -0.05) is 34.1 Å². The highest BCUT2D eigenvalue weighted by Crippen LogP contribution is 2.19. The molecule has 0 atom stereocenters. The lowest BCUT2D eigenvalue weighted by Crippen LogP contribution is -2.52. The van der Waals surface area contributed by atoms with Crippen molar-refractivity contribution in [3.8, 4) is 0 Å². The lowest BCUT2D eigenvalue weighted by molar-refractivity contribution is -0.270. The van der Waals surface area contributed by atoms with E-state index in [1.54, 1.807) is 0 Å². The number of carboxylic acid groups (broad SMARTS) is 1. The molecule has 0 aliphatic heterocycles. The minimum Gasteiger partial charge on any atom is -0.530 e. The van der Waals surface area contributed by atoms with E-state index in [0.29, 0.717) is 13.0 Å². The van der Waals surface area contributed by atoms with E-state index in [1.807, 2.05) is 45.0 Å². The van der Waals surface area contributed by atoms with Gasteiger partial charge in [-0.05, 0) is 38.8 Å². The van der Waals surface area contributed by atoms with Crippen molar-refractivity contribution in [1.29, 1.82) is 0 Å². The van der Waals surface area contributed by atoms with Crippen LogP contribution in [0, 0.1) is 0 Å². The van der Waals surface area contributed by atoms with Crippen LogP contribution in [-0.2, 0) is 6.42 Å². The summed E-state index contributed by atoms with van der Waals surface area (Å²) in [6, 6.07) is 7.82. The highest BCUT2D eigenvalue weighted by Gasteiger charge is 2.20. The van der Waals surface area contributed by atoms with Gasteiger partial charge in [0, 0.05) is 16.6 Å². The second-order valence-electron chi connectivity index (χ2n) is 4.93. The molecule has 0 spiro atoms. The maximum atomic E-state index is 11.1. The molecular formula is C13H17BrNO2-. The van der Waals surface area contributed by atoms with Crippen molar-refractivity contribution in [2.45, 2.75) is 32.7 Å². The van der Waals surface area contributed by atoms with Gasteiger partial charge in [-0.25, -0.2) is 0 Å². The van der Waals surface area contributed by atoms with Crippen LogP contribution < -0.4 is 5.11 Å². The Labute approximate surface area is 111 Å². The van der Waals surface area contributed by atoms with Crippen LogP contribution in [0.5, 0.6) is 0 Å². The Kier molecular flexibility index (Phi) is 4.57. The molecule has 0 aromatic heterocycles. The van der Waals surface area contributed by atoms with Crippen LogP contribution in [-0.4, -0.2) is 23.1 Å². The Balaban J connectivity index is 2.72. The molecule has 3 nitrogen and oxygen atoms in total. The monoisotopic (exact) mass is 298 g/mol. The number of hydrogen-bond acceptors (Lipinski definition) is 2. The van der Waals surface area contributed by atoms with Gasteiger partial charge >= 0.3 is 0 Å². The second-order valence-corrected chi connectivity index (χ2v) is 5.78. The zero-order valence-corrected chi connectivity index (χ0v) is 12.0. The van der Waals surface area contributed by atoms with Crippen molar-refractivity contribution in [3.63, 3.8) is 0 Å². The van der Waals surface area contributed by atoms with E-state index in [2.05, 4.69) is 15.9 Å². The summed E-state index contributed by atoms with van der Waals surface area (Å²) in [6.07, 6.45) is -0.447. The molecule has 0 aliphatic rings. The largest absolute Gasteiger partial charge is 0.530 e. The molecule has 94 valence electrons. The van der Waals surface area contributed by atoms with Crippen LogP contribution in [0.4, 0.5) is 4.79 Å². The van der Waals surface area contributed by atoms with Crippen molar-refractivity contribution in [2.75, 3.05) is 6.54 Å². The predicted molar refractivity (Wildman–Crippen MR) is 69.7 cm³/mol. The minimum atomic E-state index is -1.12. The maximum absolute atomic E-state index is 11.1. The van der Waals surface area contributed by atoms with Crippen LogP contribution in [0.1, 0.15) is 26.3 Å². The number of rotatable bonds is 3. The van der Waals surface area contributed by atoms with E-state index >= 15 is 0 Å². The van der Waals surface area contributed by atoms with Crippen LogP contribution in [0.2, 0.25) is 0 Å². The van der Waals surface area contributed by atoms with Gasteiger partial charge in [0.15, 0.2) is 0 Å². The average Bonchev–Trinajstić information content (AvgIpc) is 2.18. The van der Waals surface area contributed by atoms with E-state index in [4.69, 9.17) is 0 Å². The van der Waals surface area contributed by atoms with Crippen LogP contribution >= 0.6 is 15.9 Å². The topological polar surface area (TPSA) is 43.4 Å². The molecule has 1 aromatic carbocycles. The van der Waals surface area contributed by atoms with E-state index in [9.17, 15) is 9.90 Å². The minimum absolute atomic E-state index is 0.430. The molecular weight excluding hydrogens is 282 g/mol. The van der Waals surface area contributed by atoms with Crippen LogP contribution in [0.3, 0.4) is 0 Å². The van der Waals surface area contributed by atoms with Gasteiger partial charge in [0.25, 0.3) is 0 Å². The third-order valence-corrected chi connectivity index (χ3v) is 3.37. The van der Waals surface area contributed by atoms with E-state index in [1.165, 1.54) is 4.90 Å². The first-order chi connectivity index (χ1) is 7.82. The fourth-order valence-electron chi connectivity index (χ4n) is 1.63. The molecule has 0 radical (unpaired) electrons. The zero-order valence-electron chi connectivity index (χ0n) is 10.4. The summed E-state index contributed by atoms with van der Waals surface area (Å²) in [5.74, 6) is 0. The summed E-state index contributed by atoms with van der Waals surface area (Å²) in [6.45, 7) is 6.03. The van der Waals surface area contributed by atoms with E-state index in [0.717, 1.165) is 10.0 Å². The third-order valence-electron chi connectivity index (χ3n) is 2.59. The average molecular weight is 299 g/mol. The predicted octanol–water partition coefficient (Wildman–Crippen LogP) is 2.44. The first-order valence-corrected chi connectivity index (χ1v) is 6.33. The van der Waals surface area contributed by atoms with Crippen molar-refractivity contribution in [1.82, 2.24) is 4.90 Å². The summed E-state index contributed by atoms with van der Waals surface area (Å²) < 4.78 is 1.01. The molecule has 0 N–H and O–H groups in total. The molecule has 0 bridgehead atoms. The molecule has 0 unspecified atom stereocenters. The van der Waals surface area contributed by atoms with Gasteiger partial charge in [-0.15, -0.1) is 0 Å². The summed E-state index contributed by atoms with van der Waals surface area (Å²) >= 11 is 3.45. The van der Waals surface area contributed by atoms with Crippen molar-refractivity contribution in [2.24, 2.45) is 0 Å². The number of benzene rings is 1. The molecule has 0 saturated carbocycles. The SMILES string of the molecule is CC(C)(C)N(CCc1ccccc1Br)C(=O)[O-]. The van der Waals surface area contributed by atoms with Crippen molar-refractivity contribution >= 4 is 22.0 Å².